The molecule has 0 aromatic carbocycles. The van der Waals surface area contributed by atoms with Crippen molar-refractivity contribution in [2.45, 2.75) is 32.2 Å². The molecule has 6 nitrogen and oxygen atoms in total. The van der Waals surface area contributed by atoms with Gasteiger partial charge in [0.15, 0.2) is 0 Å². The fraction of sp³-hybridized carbons (Fsp3) is 0.500. The van der Waals surface area contributed by atoms with Gasteiger partial charge in [0.1, 0.15) is 10.7 Å². The van der Waals surface area contributed by atoms with Crippen LogP contribution in [0.15, 0.2) is 24.0 Å². The largest absolute Gasteiger partial charge is 0.338 e. The molecule has 2 aromatic rings. The number of nitrogens with two attached hydrogens (primary N) is 1. The number of thiazole rings is 1. The summed E-state index contributed by atoms with van der Waals surface area (Å²) in [5, 5.41) is 2.72. The lowest BCUT2D eigenvalue weighted by Crippen LogP contribution is -2.49. The van der Waals surface area contributed by atoms with Gasteiger partial charge in [-0.2, -0.15) is 0 Å². The summed E-state index contributed by atoms with van der Waals surface area (Å²) in [6.45, 7) is 3.54. The number of amides is 1. The molecule has 2 N–H and O–H groups in total. The first-order chi connectivity index (χ1) is 11.2. The molecule has 1 saturated heterocycles. The molecule has 3 rings (SSSR count). The van der Waals surface area contributed by atoms with E-state index in [-0.39, 0.29) is 36.8 Å². The average molecular weight is 404 g/mol. The van der Waals surface area contributed by atoms with Crippen molar-refractivity contribution in [2.24, 2.45) is 11.7 Å². The van der Waals surface area contributed by atoms with Gasteiger partial charge >= 0.3 is 0 Å². The molecule has 0 saturated carbocycles. The van der Waals surface area contributed by atoms with Crippen molar-refractivity contribution in [3.05, 3.63) is 29.7 Å². The van der Waals surface area contributed by atoms with Crippen molar-refractivity contribution in [1.29, 1.82) is 0 Å². The Morgan fingerprint density at radius 1 is 1.40 bits per heavy atom. The van der Waals surface area contributed by atoms with Gasteiger partial charge in [-0.05, 0) is 18.8 Å². The van der Waals surface area contributed by atoms with Crippen molar-refractivity contribution in [3.8, 4) is 10.7 Å². The molecule has 2 atom stereocenters. The second-order valence-electron chi connectivity index (χ2n) is 6.02. The molecule has 9 heteroatoms. The van der Waals surface area contributed by atoms with Gasteiger partial charge in [-0.25, -0.2) is 4.98 Å². The zero-order valence-corrected chi connectivity index (χ0v) is 16.4. The molecule has 138 valence electrons. The van der Waals surface area contributed by atoms with E-state index in [0.717, 1.165) is 35.8 Å². The van der Waals surface area contributed by atoms with E-state index in [2.05, 4.69) is 21.9 Å². The molecule has 3 heterocycles. The van der Waals surface area contributed by atoms with Crippen LogP contribution in [0.5, 0.6) is 0 Å². The minimum absolute atomic E-state index is 0. The highest BCUT2D eigenvalue weighted by atomic mass is 35.5. The van der Waals surface area contributed by atoms with Crippen molar-refractivity contribution in [2.75, 3.05) is 13.1 Å². The van der Waals surface area contributed by atoms with Gasteiger partial charge in [0.05, 0.1) is 18.3 Å². The standard InChI is InChI=1S/C16H21N5OS.2ClH/c1-11-2-5-21(13(6-11)8-17)15(22)7-12-10-23-16(20-12)14-9-18-3-4-19-14;;/h3-4,9-11,13H,2,5-8,17H2,1H3;2*1H. The lowest BCUT2D eigenvalue weighted by Gasteiger charge is -2.38. The van der Waals surface area contributed by atoms with E-state index in [1.54, 1.807) is 18.6 Å². The summed E-state index contributed by atoms with van der Waals surface area (Å²) in [5.41, 5.74) is 7.37. The molecule has 1 aliphatic heterocycles. The summed E-state index contributed by atoms with van der Waals surface area (Å²) in [4.78, 5) is 27.3. The monoisotopic (exact) mass is 403 g/mol. The minimum atomic E-state index is 0. The maximum Gasteiger partial charge on any atom is 0.228 e. The topological polar surface area (TPSA) is 85.0 Å². The van der Waals surface area contributed by atoms with E-state index < -0.39 is 0 Å². The highest BCUT2D eigenvalue weighted by molar-refractivity contribution is 7.13. The fourth-order valence-electron chi connectivity index (χ4n) is 2.98. The van der Waals surface area contributed by atoms with Crippen molar-refractivity contribution in [1.82, 2.24) is 19.9 Å². The van der Waals surface area contributed by atoms with Gasteiger partial charge in [0, 0.05) is 36.9 Å². The number of aromatic nitrogens is 3. The molecule has 1 fully saturated rings. The molecule has 1 aliphatic rings. The van der Waals surface area contributed by atoms with Gasteiger partial charge in [0.25, 0.3) is 0 Å². The zero-order chi connectivity index (χ0) is 16.2. The Labute approximate surface area is 164 Å². The van der Waals surface area contributed by atoms with E-state index in [1.807, 2.05) is 10.3 Å². The maximum atomic E-state index is 12.6. The van der Waals surface area contributed by atoms with Gasteiger partial charge < -0.3 is 10.6 Å². The Morgan fingerprint density at radius 2 is 2.20 bits per heavy atom. The number of likely N-dealkylation sites (tertiary alicyclic amines) is 1. The van der Waals surface area contributed by atoms with Crippen molar-refractivity contribution in [3.63, 3.8) is 0 Å². The molecule has 25 heavy (non-hydrogen) atoms. The number of rotatable bonds is 4. The molecule has 1 amide bonds. The predicted molar refractivity (Wildman–Crippen MR) is 104 cm³/mol. The van der Waals surface area contributed by atoms with Gasteiger partial charge in [-0.1, -0.05) is 6.92 Å². The quantitative estimate of drug-likeness (QED) is 0.847. The first-order valence-corrected chi connectivity index (χ1v) is 8.75. The number of nitrogens with zero attached hydrogens (tertiary/aromatic N) is 4. The zero-order valence-electron chi connectivity index (χ0n) is 14.0. The summed E-state index contributed by atoms with van der Waals surface area (Å²) in [6.07, 6.45) is 7.31. The Balaban J connectivity index is 0.00000156. The van der Waals surface area contributed by atoms with Crippen LogP contribution in [0.2, 0.25) is 0 Å². The minimum Gasteiger partial charge on any atom is -0.338 e. The van der Waals surface area contributed by atoms with Crippen LogP contribution in [0.1, 0.15) is 25.5 Å². The number of hydrogen-bond donors (Lipinski definition) is 1. The van der Waals surface area contributed by atoms with Crippen LogP contribution in [-0.2, 0) is 11.2 Å². The van der Waals surface area contributed by atoms with E-state index >= 15 is 0 Å². The lowest BCUT2D eigenvalue weighted by atomic mass is 9.92. The van der Waals surface area contributed by atoms with E-state index in [9.17, 15) is 4.79 Å². The van der Waals surface area contributed by atoms with Crippen LogP contribution in [0, 0.1) is 5.92 Å². The van der Waals surface area contributed by atoms with E-state index in [4.69, 9.17) is 5.73 Å². The van der Waals surface area contributed by atoms with Crippen molar-refractivity contribution < 1.29 is 4.79 Å². The third-order valence-corrected chi connectivity index (χ3v) is 5.15. The Bertz CT molecular complexity index is 670. The molecule has 2 unspecified atom stereocenters. The number of piperidine rings is 1. The highest BCUT2D eigenvalue weighted by Crippen LogP contribution is 2.24. The van der Waals surface area contributed by atoms with Crippen LogP contribution in [-0.4, -0.2) is 44.9 Å². The normalized spacial score (nSPS) is 19.7. The summed E-state index contributed by atoms with van der Waals surface area (Å²) in [7, 11) is 0. The fourth-order valence-corrected chi connectivity index (χ4v) is 3.76. The number of hydrogen-bond acceptors (Lipinski definition) is 6. The molecule has 0 aliphatic carbocycles. The summed E-state index contributed by atoms with van der Waals surface area (Å²) in [5.74, 6) is 0.749. The second kappa shape index (κ2) is 10.0. The Hall–Kier alpha value is -1.28. The third kappa shape index (κ3) is 5.34. The van der Waals surface area contributed by atoms with Gasteiger partial charge in [0.2, 0.25) is 5.91 Å². The first kappa shape index (κ1) is 21.8. The maximum absolute atomic E-state index is 12.6. The molecule has 2 aromatic heterocycles. The molecule has 0 radical (unpaired) electrons. The summed E-state index contributed by atoms with van der Waals surface area (Å²) >= 11 is 1.49. The molecular formula is C16H23Cl2N5OS. The van der Waals surface area contributed by atoms with Crippen LogP contribution in [0.4, 0.5) is 0 Å². The Kier molecular flexibility index (Phi) is 8.71. The second-order valence-corrected chi connectivity index (χ2v) is 6.88. The highest BCUT2D eigenvalue weighted by Gasteiger charge is 2.29. The van der Waals surface area contributed by atoms with Crippen LogP contribution < -0.4 is 5.73 Å². The molecular weight excluding hydrogens is 381 g/mol. The lowest BCUT2D eigenvalue weighted by molar-refractivity contribution is -0.134. The van der Waals surface area contributed by atoms with Crippen LogP contribution in [0.25, 0.3) is 10.7 Å². The average Bonchev–Trinajstić information content (AvgIpc) is 3.04. The Morgan fingerprint density at radius 3 is 2.88 bits per heavy atom. The third-order valence-electron chi connectivity index (χ3n) is 4.24. The summed E-state index contributed by atoms with van der Waals surface area (Å²) < 4.78 is 0. The van der Waals surface area contributed by atoms with Crippen LogP contribution in [0.3, 0.4) is 0 Å². The molecule has 0 spiro atoms. The van der Waals surface area contributed by atoms with Gasteiger partial charge in [-0.3, -0.25) is 14.8 Å². The van der Waals surface area contributed by atoms with E-state index in [0.29, 0.717) is 18.9 Å². The van der Waals surface area contributed by atoms with Crippen LogP contribution >= 0.6 is 36.2 Å². The SMILES string of the molecule is CC1CCN(C(=O)Cc2csc(-c3cnccn3)n2)C(CN)C1.Cl.Cl. The number of carbonyl (C=O) groups is 1. The molecule has 0 bridgehead atoms. The first-order valence-electron chi connectivity index (χ1n) is 7.87. The smallest absolute Gasteiger partial charge is 0.228 e. The number of carbonyl (C=O) groups excluding carboxylic acids is 1. The van der Waals surface area contributed by atoms with Crippen molar-refractivity contribution >= 4 is 42.1 Å². The summed E-state index contributed by atoms with van der Waals surface area (Å²) in [6, 6.07) is 0.157. The van der Waals surface area contributed by atoms with E-state index in [1.165, 1.54) is 11.3 Å². The number of halogens is 2. The predicted octanol–water partition coefficient (Wildman–Crippen LogP) is 2.57. The van der Waals surface area contributed by atoms with Gasteiger partial charge in [-0.15, -0.1) is 36.2 Å².